The molecule has 1 amide bonds. The van der Waals surface area contributed by atoms with E-state index in [9.17, 15) is 4.79 Å². The average molecular weight is 254 g/mol. The van der Waals surface area contributed by atoms with Crippen LogP contribution in [-0.2, 0) is 0 Å². The number of pyridine rings is 2. The number of rotatable bonds is 3. The van der Waals surface area contributed by atoms with Crippen molar-refractivity contribution in [3.8, 4) is 0 Å². The average Bonchev–Trinajstić information content (AvgIpc) is 2.83. The summed E-state index contributed by atoms with van der Waals surface area (Å²) in [6, 6.07) is 7.03. The van der Waals surface area contributed by atoms with Crippen molar-refractivity contribution in [1.29, 1.82) is 0 Å². The maximum Gasteiger partial charge on any atom is 0.249 e. The lowest BCUT2D eigenvalue weighted by Gasteiger charge is -2.05. The second-order valence-corrected chi connectivity index (χ2v) is 3.84. The molecule has 3 rings (SSSR count). The van der Waals surface area contributed by atoms with Gasteiger partial charge < -0.3 is 5.73 Å². The van der Waals surface area contributed by atoms with Crippen LogP contribution in [0, 0.1) is 0 Å². The predicted molar refractivity (Wildman–Crippen MR) is 69.3 cm³/mol. The van der Waals surface area contributed by atoms with Crippen LogP contribution in [0.1, 0.15) is 10.4 Å². The molecule has 3 N–H and O–H groups in total. The fraction of sp³-hybridized carbons (Fsp3) is 0. The highest BCUT2D eigenvalue weighted by atomic mass is 16.1. The Bertz CT molecular complexity index is 736. The number of aromatic nitrogens is 4. The molecule has 0 radical (unpaired) electrons. The van der Waals surface area contributed by atoms with Crippen LogP contribution in [0.5, 0.6) is 0 Å². The van der Waals surface area contributed by atoms with Crippen molar-refractivity contribution in [1.82, 2.24) is 19.9 Å². The van der Waals surface area contributed by atoms with E-state index >= 15 is 0 Å². The lowest BCUT2D eigenvalue weighted by atomic mass is 10.2. The minimum atomic E-state index is -0.509. The van der Waals surface area contributed by atoms with Crippen LogP contribution in [0.25, 0.3) is 11.0 Å². The number of nitrogens with two attached hydrogens (primary N) is 1. The van der Waals surface area contributed by atoms with Crippen LogP contribution in [0.15, 0.2) is 42.9 Å². The van der Waals surface area contributed by atoms with Gasteiger partial charge in [-0.05, 0) is 18.2 Å². The molecule has 0 aliphatic heterocycles. The maximum atomic E-state index is 11.3. The zero-order chi connectivity index (χ0) is 13.2. The Labute approximate surface area is 108 Å². The number of primary amides is 1. The summed E-state index contributed by atoms with van der Waals surface area (Å²) in [6.07, 6.45) is 4.72. The third-order valence-corrected chi connectivity index (χ3v) is 2.62. The Balaban J connectivity index is 2.07. The number of fused-ring (bicyclic) bond motifs is 1. The van der Waals surface area contributed by atoms with Gasteiger partial charge in [-0.3, -0.25) is 10.2 Å². The topological polar surface area (TPSA) is 98.7 Å². The molecular formula is C12H10N6O. The number of amides is 1. The minimum absolute atomic E-state index is 0.388. The fourth-order valence-corrected chi connectivity index (χ4v) is 1.76. The smallest absolute Gasteiger partial charge is 0.249 e. The van der Waals surface area contributed by atoms with Gasteiger partial charge in [0.25, 0.3) is 0 Å². The first-order valence-electron chi connectivity index (χ1n) is 5.56. The molecule has 0 bridgehead atoms. The molecule has 7 heteroatoms. The highest BCUT2D eigenvalue weighted by Gasteiger charge is 2.11. The second kappa shape index (κ2) is 4.37. The van der Waals surface area contributed by atoms with Crippen molar-refractivity contribution in [2.24, 2.45) is 5.73 Å². The van der Waals surface area contributed by atoms with Crippen molar-refractivity contribution in [3.05, 3.63) is 48.4 Å². The Kier molecular flexibility index (Phi) is 2.57. The molecule has 0 unspecified atom stereocenters. The van der Waals surface area contributed by atoms with Crippen molar-refractivity contribution in [2.75, 3.05) is 5.43 Å². The second-order valence-electron chi connectivity index (χ2n) is 3.84. The van der Waals surface area contributed by atoms with Gasteiger partial charge in [-0.15, -0.1) is 0 Å². The molecule has 0 saturated heterocycles. The summed E-state index contributed by atoms with van der Waals surface area (Å²) >= 11 is 0. The monoisotopic (exact) mass is 254 g/mol. The molecule has 94 valence electrons. The molecule has 0 aromatic carbocycles. The van der Waals surface area contributed by atoms with Crippen LogP contribution in [0.4, 0.5) is 5.82 Å². The zero-order valence-corrected chi connectivity index (χ0v) is 9.82. The van der Waals surface area contributed by atoms with E-state index in [-0.39, 0.29) is 0 Å². The molecule has 3 aromatic heterocycles. The van der Waals surface area contributed by atoms with Crippen molar-refractivity contribution >= 4 is 22.8 Å². The van der Waals surface area contributed by atoms with Crippen LogP contribution >= 0.6 is 0 Å². The van der Waals surface area contributed by atoms with E-state index in [0.29, 0.717) is 22.4 Å². The van der Waals surface area contributed by atoms with E-state index in [1.807, 2.05) is 12.1 Å². The molecule has 3 aromatic rings. The first kappa shape index (κ1) is 11.1. The molecule has 0 spiro atoms. The van der Waals surface area contributed by atoms with E-state index in [2.05, 4.69) is 20.5 Å². The van der Waals surface area contributed by atoms with Crippen LogP contribution in [-0.4, -0.2) is 25.8 Å². The number of nitrogens with one attached hydrogen (secondary N) is 1. The Morgan fingerprint density at radius 1 is 1.21 bits per heavy atom. The maximum absolute atomic E-state index is 11.3. The van der Waals surface area contributed by atoms with Gasteiger partial charge in [0.15, 0.2) is 5.65 Å². The lowest BCUT2D eigenvalue weighted by Crippen LogP contribution is -2.14. The van der Waals surface area contributed by atoms with Crippen molar-refractivity contribution in [3.63, 3.8) is 0 Å². The Morgan fingerprint density at radius 2 is 2.11 bits per heavy atom. The molecule has 0 atom stereocenters. The van der Waals surface area contributed by atoms with Crippen LogP contribution < -0.4 is 11.2 Å². The van der Waals surface area contributed by atoms with Gasteiger partial charge >= 0.3 is 0 Å². The summed E-state index contributed by atoms with van der Waals surface area (Å²) < 4.78 is 0. The predicted octanol–water partition coefficient (Wildman–Crippen LogP) is 0.800. The third kappa shape index (κ3) is 1.97. The molecule has 0 saturated carbocycles. The molecule has 0 aliphatic rings. The Morgan fingerprint density at radius 3 is 2.84 bits per heavy atom. The van der Waals surface area contributed by atoms with Crippen molar-refractivity contribution < 1.29 is 4.79 Å². The summed E-state index contributed by atoms with van der Waals surface area (Å²) in [6.45, 7) is 0. The number of nitrogens with zero attached hydrogens (tertiary/aromatic N) is 4. The highest BCUT2D eigenvalue weighted by molar-refractivity contribution is 6.04. The summed E-state index contributed by atoms with van der Waals surface area (Å²) in [7, 11) is 0. The van der Waals surface area contributed by atoms with Gasteiger partial charge in [0.1, 0.15) is 5.82 Å². The number of hydrogen-bond donors (Lipinski definition) is 2. The molecule has 0 aliphatic carbocycles. The van der Waals surface area contributed by atoms with E-state index < -0.39 is 5.91 Å². The van der Waals surface area contributed by atoms with Crippen LogP contribution in [0.2, 0.25) is 0 Å². The normalized spacial score (nSPS) is 10.5. The SMILES string of the molecule is NC(=O)c1ccnc2c1cnn2Nc1ccccn1. The summed E-state index contributed by atoms with van der Waals surface area (Å²) in [4.78, 5) is 21.1. The molecule has 19 heavy (non-hydrogen) atoms. The van der Waals surface area contributed by atoms with Gasteiger partial charge in [-0.25, -0.2) is 9.97 Å². The van der Waals surface area contributed by atoms with Crippen molar-refractivity contribution in [2.45, 2.75) is 0 Å². The third-order valence-electron chi connectivity index (χ3n) is 2.62. The number of anilines is 1. The fourth-order valence-electron chi connectivity index (χ4n) is 1.76. The van der Waals surface area contributed by atoms with Gasteiger partial charge in [0.05, 0.1) is 17.1 Å². The first-order valence-corrected chi connectivity index (χ1v) is 5.56. The van der Waals surface area contributed by atoms with E-state index in [0.717, 1.165) is 0 Å². The summed E-state index contributed by atoms with van der Waals surface area (Å²) in [5.41, 5.74) is 9.18. The van der Waals surface area contributed by atoms with E-state index in [1.54, 1.807) is 24.5 Å². The van der Waals surface area contributed by atoms with Gasteiger partial charge in [-0.1, -0.05) is 6.07 Å². The Hall–Kier alpha value is -2.96. The summed E-state index contributed by atoms with van der Waals surface area (Å²) in [5, 5.41) is 4.72. The summed E-state index contributed by atoms with van der Waals surface area (Å²) in [5.74, 6) is 0.114. The number of carbonyl (C=O) groups excluding carboxylic acids is 1. The molecule has 3 heterocycles. The number of carbonyl (C=O) groups is 1. The van der Waals surface area contributed by atoms with Crippen LogP contribution in [0.3, 0.4) is 0 Å². The molecular weight excluding hydrogens is 244 g/mol. The van der Waals surface area contributed by atoms with Gasteiger partial charge in [0, 0.05) is 12.4 Å². The van der Waals surface area contributed by atoms with Gasteiger partial charge in [-0.2, -0.15) is 9.89 Å². The number of hydrogen-bond acceptors (Lipinski definition) is 5. The zero-order valence-electron chi connectivity index (χ0n) is 9.82. The van der Waals surface area contributed by atoms with Gasteiger partial charge in [0.2, 0.25) is 5.91 Å². The molecule has 0 fully saturated rings. The quantitative estimate of drug-likeness (QED) is 0.720. The highest BCUT2D eigenvalue weighted by Crippen LogP contribution is 2.15. The van der Waals surface area contributed by atoms with E-state index in [1.165, 1.54) is 11.0 Å². The lowest BCUT2D eigenvalue weighted by molar-refractivity contribution is 0.100. The minimum Gasteiger partial charge on any atom is -0.366 e. The van der Waals surface area contributed by atoms with E-state index in [4.69, 9.17) is 5.73 Å². The largest absolute Gasteiger partial charge is 0.366 e. The standard InChI is InChI=1S/C12H10N6O/c13-11(19)8-4-6-15-12-9(8)7-16-18(12)17-10-3-1-2-5-14-10/h1-7H,(H2,13,19)(H,14,17). The molecule has 7 nitrogen and oxygen atoms in total. The first-order chi connectivity index (χ1) is 9.25.